The molecule has 2 aromatic rings. The normalized spacial score (nSPS) is 19.3. The number of rotatable bonds is 6. The van der Waals surface area contributed by atoms with Gasteiger partial charge < -0.3 is 4.90 Å². The minimum atomic E-state index is -3.46. The van der Waals surface area contributed by atoms with Crippen LogP contribution in [0.3, 0.4) is 0 Å². The van der Waals surface area contributed by atoms with Crippen LogP contribution in [0.15, 0.2) is 23.1 Å². The monoisotopic (exact) mass is 419 g/mol. The zero-order valence-corrected chi connectivity index (χ0v) is 17.8. The van der Waals surface area contributed by atoms with Gasteiger partial charge in [0.15, 0.2) is 0 Å². The fourth-order valence-electron chi connectivity index (χ4n) is 4.15. The van der Waals surface area contributed by atoms with Gasteiger partial charge in [0.2, 0.25) is 15.9 Å². The van der Waals surface area contributed by atoms with Crippen molar-refractivity contribution >= 4 is 27.0 Å². The molecule has 0 aliphatic carbocycles. The van der Waals surface area contributed by atoms with Gasteiger partial charge >= 0.3 is 0 Å². The van der Waals surface area contributed by atoms with Crippen molar-refractivity contribution in [1.82, 2.24) is 24.2 Å². The van der Waals surface area contributed by atoms with Crippen LogP contribution < -0.4 is 0 Å². The van der Waals surface area contributed by atoms with Gasteiger partial charge in [0.1, 0.15) is 5.52 Å². The molecule has 3 heterocycles. The Balaban J connectivity index is 1.38. The van der Waals surface area contributed by atoms with E-state index in [1.807, 2.05) is 4.90 Å². The van der Waals surface area contributed by atoms with Gasteiger partial charge in [0.05, 0.1) is 10.4 Å². The first kappa shape index (κ1) is 20.3. The van der Waals surface area contributed by atoms with Gasteiger partial charge in [-0.15, -0.1) is 5.10 Å². The lowest BCUT2D eigenvalue weighted by atomic mass is 9.99. The lowest BCUT2D eigenvalue weighted by Crippen LogP contribution is -2.37. The number of hydrogen-bond acceptors (Lipinski definition) is 5. The van der Waals surface area contributed by atoms with E-state index in [-0.39, 0.29) is 10.8 Å². The van der Waals surface area contributed by atoms with Crippen LogP contribution in [0.25, 0.3) is 11.0 Å². The molecule has 2 aliphatic rings. The van der Waals surface area contributed by atoms with E-state index in [1.54, 1.807) is 22.9 Å². The molecule has 2 saturated heterocycles. The summed E-state index contributed by atoms with van der Waals surface area (Å²) in [7, 11) is -3.46. The molecule has 9 heteroatoms. The maximum atomic E-state index is 12.7. The quantitative estimate of drug-likeness (QED) is 0.717. The summed E-state index contributed by atoms with van der Waals surface area (Å²) >= 11 is 0. The second-order valence-corrected chi connectivity index (χ2v) is 10.2. The molecule has 2 aliphatic heterocycles. The minimum Gasteiger partial charge on any atom is -0.343 e. The number of aryl methyl sites for hydroxylation is 1. The van der Waals surface area contributed by atoms with Crippen molar-refractivity contribution in [3.05, 3.63) is 18.2 Å². The summed E-state index contributed by atoms with van der Waals surface area (Å²) in [6, 6.07) is 5.01. The molecular formula is C20H29N5O3S. The Hall–Kier alpha value is -2.00. The van der Waals surface area contributed by atoms with E-state index in [9.17, 15) is 13.2 Å². The van der Waals surface area contributed by atoms with Gasteiger partial charge in [0, 0.05) is 39.1 Å². The first-order chi connectivity index (χ1) is 13.9. The molecule has 1 aromatic carbocycles. The fourth-order valence-corrected chi connectivity index (χ4v) is 5.69. The lowest BCUT2D eigenvalue weighted by molar-refractivity contribution is -0.132. The summed E-state index contributed by atoms with van der Waals surface area (Å²) in [5, 5.41) is 8.32. The molecule has 0 unspecified atom stereocenters. The molecule has 29 heavy (non-hydrogen) atoms. The smallest absolute Gasteiger partial charge is 0.243 e. The number of fused-ring (bicyclic) bond motifs is 1. The predicted molar refractivity (Wildman–Crippen MR) is 110 cm³/mol. The third kappa shape index (κ3) is 4.30. The van der Waals surface area contributed by atoms with Crippen LogP contribution in [0.4, 0.5) is 0 Å². The summed E-state index contributed by atoms with van der Waals surface area (Å²) in [6.07, 6.45) is 5.18. The summed E-state index contributed by atoms with van der Waals surface area (Å²) in [5.74, 6) is 0.917. The summed E-state index contributed by atoms with van der Waals surface area (Å²) < 4.78 is 28.8. The van der Waals surface area contributed by atoms with E-state index >= 15 is 0 Å². The molecule has 0 spiro atoms. The molecule has 2 fully saturated rings. The highest BCUT2D eigenvalue weighted by molar-refractivity contribution is 7.89. The SMILES string of the molecule is CC1CCN(C(=O)CCCn2nnc3cc(S(=O)(=O)N4CCCC4)ccc32)CC1. The van der Waals surface area contributed by atoms with Gasteiger partial charge in [-0.25, -0.2) is 13.1 Å². The zero-order valence-electron chi connectivity index (χ0n) is 17.0. The van der Waals surface area contributed by atoms with Crippen molar-refractivity contribution in [2.75, 3.05) is 26.2 Å². The fraction of sp³-hybridized carbons (Fsp3) is 0.650. The van der Waals surface area contributed by atoms with Crippen LogP contribution in [0.5, 0.6) is 0 Å². The van der Waals surface area contributed by atoms with Crippen molar-refractivity contribution in [3.63, 3.8) is 0 Å². The molecular weight excluding hydrogens is 390 g/mol. The topological polar surface area (TPSA) is 88.4 Å². The molecule has 8 nitrogen and oxygen atoms in total. The molecule has 0 bridgehead atoms. The molecule has 0 radical (unpaired) electrons. The first-order valence-electron chi connectivity index (χ1n) is 10.6. The lowest BCUT2D eigenvalue weighted by Gasteiger charge is -2.30. The molecule has 0 atom stereocenters. The number of carbonyl (C=O) groups excluding carboxylic acids is 1. The summed E-state index contributed by atoms with van der Waals surface area (Å²) in [6.45, 7) is 5.71. The number of piperidine rings is 1. The Morgan fingerprint density at radius 3 is 2.59 bits per heavy atom. The van der Waals surface area contributed by atoms with Crippen LogP contribution in [-0.2, 0) is 21.4 Å². The van der Waals surface area contributed by atoms with Gasteiger partial charge in [-0.1, -0.05) is 12.1 Å². The number of benzene rings is 1. The van der Waals surface area contributed by atoms with Crippen molar-refractivity contribution in [2.45, 2.75) is 56.9 Å². The number of sulfonamides is 1. The van der Waals surface area contributed by atoms with Gasteiger partial charge in [-0.2, -0.15) is 4.31 Å². The second-order valence-electron chi connectivity index (χ2n) is 8.24. The third-order valence-electron chi connectivity index (χ3n) is 6.09. The number of likely N-dealkylation sites (tertiary alicyclic amines) is 1. The molecule has 158 valence electrons. The number of amides is 1. The van der Waals surface area contributed by atoms with Crippen molar-refractivity contribution in [1.29, 1.82) is 0 Å². The molecule has 0 saturated carbocycles. The van der Waals surface area contributed by atoms with E-state index in [1.165, 1.54) is 4.31 Å². The largest absolute Gasteiger partial charge is 0.343 e. The predicted octanol–water partition coefficient (Wildman–Crippen LogP) is 2.25. The average Bonchev–Trinajstić information content (AvgIpc) is 3.39. The Bertz CT molecular complexity index is 973. The van der Waals surface area contributed by atoms with E-state index < -0.39 is 10.0 Å². The molecule has 1 aromatic heterocycles. The average molecular weight is 420 g/mol. The highest BCUT2D eigenvalue weighted by atomic mass is 32.2. The summed E-state index contributed by atoms with van der Waals surface area (Å²) in [5.41, 5.74) is 1.37. The highest BCUT2D eigenvalue weighted by Crippen LogP contribution is 2.24. The second kappa shape index (κ2) is 8.39. The van der Waals surface area contributed by atoms with E-state index in [0.29, 0.717) is 43.9 Å². The van der Waals surface area contributed by atoms with Crippen molar-refractivity contribution < 1.29 is 13.2 Å². The zero-order chi connectivity index (χ0) is 20.4. The summed E-state index contributed by atoms with van der Waals surface area (Å²) in [4.78, 5) is 14.6. The van der Waals surface area contributed by atoms with Crippen molar-refractivity contribution in [3.8, 4) is 0 Å². The molecule has 4 rings (SSSR count). The minimum absolute atomic E-state index is 0.209. The van der Waals surface area contributed by atoms with Crippen molar-refractivity contribution in [2.24, 2.45) is 5.92 Å². The number of carbonyl (C=O) groups is 1. The van der Waals surface area contributed by atoms with Gasteiger partial charge in [0.25, 0.3) is 0 Å². The Kier molecular flexibility index (Phi) is 5.87. The number of aromatic nitrogens is 3. The van der Waals surface area contributed by atoms with Crippen LogP contribution in [0.2, 0.25) is 0 Å². The Morgan fingerprint density at radius 2 is 1.86 bits per heavy atom. The Morgan fingerprint density at radius 1 is 1.14 bits per heavy atom. The van der Waals surface area contributed by atoms with E-state index in [4.69, 9.17) is 0 Å². The molecule has 1 amide bonds. The maximum Gasteiger partial charge on any atom is 0.243 e. The van der Waals surface area contributed by atoms with Crippen LogP contribution in [0.1, 0.15) is 45.4 Å². The van der Waals surface area contributed by atoms with E-state index in [0.717, 1.165) is 44.3 Å². The standard InChI is InChI=1S/C20H29N5O3S/c1-16-8-13-23(14-9-16)20(26)5-4-12-25-19-7-6-17(15-18(19)21-22-25)29(27,28)24-10-2-3-11-24/h6-7,15-16H,2-5,8-14H2,1H3. The number of hydrogen-bond donors (Lipinski definition) is 0. The van der Waals surface area contributed by atoms with Crippen LogP contribution in [0, 0.1) is 5.92 Å². The number of nitrogens with zero attached hydrogens (tertiary/aromatic N) is 5. The van der Waals surface area contributed by atoms with Gasteiger partial charge in [-0.05, 0) is 56.2 Å². The van der Waals surface area contributed by atoms with E-state index in [2.05, 4.69) is 17.2 Å². The van der Waals surface area contributed by atoms with Gasteiger partial charge in [-0.3, -0.25) is 4.79 Å². The first-order valence-corrected chi connectivity index (χ1v) is 12.0. The van der Waals surface area contributed by atoms with Crippen LogP contribution >= 0.6 is 0 Å². The molecule has 0 N–H and O–H groups in total. The Labute approximate surface area is 171 Å². The third-order valence-corrected chi connectivity index (χ3v) is 7.98. The highest BCUT2D eigenvalue weighted by Gasteiger charge is 2.27. The maximum absolute atomic E-state index is 12.7. The van der Waals surface area contributed by atoms with Crippen LogP contribution in [-0.4, -0.2) is 64.7 Å².